The maximum absolute atomic E-state index is 13.1. The van der Waals surface area contributed by atoms with Gasteiger partial charge in [0.05, 0.1) is 12.4 Å². The number of nitrogens with zero attached hydrogens (tertiary/aromatic N) is 1. The van der Waals surface area contributed by atoms with E-state index in [2.05, 4.69) is 30.1 Å². The van der Waals surface area contributed by atoms with Crippen molar-refractivity contribution in [1.29, 1.82) is 0 Å². The SMILES string of the molecule is C=C1CC2CCC1(CS(=O)(=O)N[C@@H](Cc1ccc(OCCCCN=C(N)N)cc1)C(=O)O)C2(C)C. The van der Waals surface area contributed by atoms with Crippen LogP contribution in [0, 0.1) is 16.7 Å². The Kier molecular flexibility index (Phi) is 8.16. The van der Waals surface area contributed by atoms with Gasteiger partial charge in [0.15, 0.2) is 5.96 Å². The number of carbonyl (C=O) groups is 1. The zero-order chi connectivity index (χ0) is 25.9. The number of aliphatic carboxylic acids is 1. The van der Waals surface area contributed by atoms with Gasteiger partial charge in [-0.25, -0.2) is 13.1 Å². The van der Waals surface area contributed by atoms with Crippen molar-refractivity contribution in [3.05, 3.63) is 42.0 Å². The third kappa shape index (κ3) is 6.16. The molecule has 2 bridgehead atoms. The predicted molar refractivity (Wildman–Crippen MR) is 137 cm³/mol. The second-order valence-corrected chi connectivity index (χ2v) is 12.1. The molecular formula is C25H38N4O5S. The van der Waals surface area contributed by atoms with Crippen LogP contribution in [-0.4, -0.2) is 50.4 Å². The summed E-state index contributed by atoms with van der Waals surface area (Å²) in [6.07, 6.45) is 4.21. The molecule has 0 amide bonds. The number of aliphatic imine (C=N–C) groups is 1. The average Bonchev–Trinajstić information content (AvgIpc) is 3.10. The van der Waals surface area contributed by atoms with Crippen LogP contribution in [0.2, 0.25) is 0 Å². The predicted octanol–water partition coefficient (Wildman–Crippen LogP) is 2.42. The number of carboxylic acids is 1. The van der Waals surface area contributed by atoms with Gasteiger partial charge in [0.2, 0.25) is 10.0 Å². The van der Waals surface area contributed by atoms with Crippen molar-refractivity contribution in [3.63, 3.8) is 0 Å². The lowest BCUT2D eigenvalue weighted by atomic mass is 9.69. The summed E-state index contributed by atoms with van der Waals surface area (Å²) in [5.41, 5.74) is 11.6. The lowest BCUT2D eigenvalue weighted by molar-refractivity contribution is -0.138. The minimum absolute atomic E-state index is 0.0350. The molecule has 0 radical (unpaired) electrons. The highest BCUT2D eigenvalue weighted by Crippen LogP contribution is 2.68. The molecule has 3 atom stereocenters. The van der Waals surface area contributed by atoms with E-state index < -0.39 is 27.4 Å². The van der Waals surface area contributed by atoms with Crippen molar-refractivity contribution in [3.8, 4) is 5.75 Å². The van der Waals surface area contributed by atoms with Crippen molar-refractivity contribution in [2.24, 2.45) is 33.2 Å². The number of allylic oxidation sites excluding steroid dienone is 1. The van der Waals surface area contributed by atoms with Crippen LogP contribution >= 0.6 is 0 Å². The maximum atomic E-state index is 13.1. The van der Waals surface area contributed by atoms with Crippen LogP contribution in [-0.2, 0) is 21.2 Å². The first-order valence-electron chi connectivity index (χ1n) is 12.0. The molecule has 2 unspecified atom stereocenters. The fraction of sp³-hybridized carbons (Fsp3) is 0.600. The van der Waals surface area contributed by atoms with Gasteiger partial charge in [-0.05, 0) is 67.6 Å². The van der Waals surface area contributed by atoms with E-state index in [1.807, 2.05) is 0 Å². The van der Waals surface area contributed by atoms with Crippen LogP contribution in [0.3, 0.4) is 0 Å². The van der Waals surface area contributed by atoms with E-state index in [-0.39, 0.29) is 23.5 Å². The fourth-order valence-corrected chi connectivity index (χ4v) is 7.74. The van der Waals surface area contributed by atoms with Gasteiger partial charge in [-0.1, -0.05) is 38.1 Å². The Morgan fingerprint density at radius 2 is 1.97 bits per heavy atom. The molecule has 1 aromatic carbocycles. The molecule has 2 aliphatic rings. The van der Waals surface area contributed by atoms with Gasteiger partial charge in [0.1, 0.15) is 11.8 Å². The van der Waals surface area contributed by atoms with Gasteiger partial charge < -0.3 is 21.3 Å². The summed E-state index contributed by atoms with van der Waals surface area (Å²) in [7, 11) is -3.85. The molecule has 3 rings (SSSR count). The molecule has 0 spiro atoms. The molecule has 0 aliphatic heterocycles. The van der Waals surface area contributed by atoms with Gasteiger partial charge in [0.25, 0.3) is 0 Å². The number of hydrogen-bond acceptors (Lipinski definition) is 5. The van der Waals surface area contributed by atoms with Gasteiger partial charge in [-0.2, -0.15) is 0 Å². The molecule has 6 N–H and O–H groups in total. The smallest absolute Gasteiger partial charge is 0.322 e. The number of nitrogens with two attached hydrogens (primary N) is 2. The third-order valence-corrected chi connectivity index (χ3v) is 9.39. The summed E-state index contributed by atoms with van der Waals surface area (Å²) >= 11 is 0. The van der Waals surface area contributed by atoms with Gasteiger partial charge in [0, 0.05) is 12.0 Å². The van der Waals surface area contributed by atoms with E-state index in [4.69, 9.17) is 16.2 Å². The Labute approximate surface area is 208 Å². The van der Waals surface area contributed by atoms with E-state index in [1.54, 1.807) is 24.3 Å². The molecule has 9 nitrogen and oxygen atoms in total. The minimum atomic E-state index is -3.85. The first-order valence-corrected chi connectivity index (χ1v) is 13.7. The first-order chi connectivity index (χ1) is 16.4. The molecule has 0 aromatic heterocycles. The summed E-state index contributed by atoms with van der Waals surface area (Å²) in [6.45, 7) is 9.46. The maximum Gasteiger partial charge on any atom is 0.322 e. The number of nitrogens with one attached hydrogen (secondary N) is 1. The molecule has 1 aromatic rings. The van der Waals surface area contributed by atoms with Crippen molar-refractivity contribution in [1.82, 2.24) is 4.72 Å². The topological polar surface area (TPSA) is 157 Å². The zero-order valence-electron chi connectivity index (χ0n) is 20.6. The van der Waals surface area contributed by atoms with E-state index in [0.29, 0.717) is 30.4 Å². The van der Waals surface area contributed by atoms with Crippen molar-refractivity contribution in [2.75, 3.05) is 18.9 Å². The molecule has 0 heterocycles. The monoisotopic (exact) mass is 506 g/mol. The number of unbranched alkanes of at least 4 members (excludes halogenated alkanes) is 1. The number of rotatable bonds is 13. The Bertz CT molecular complexity index is 1060. The molecular weight excluding hydrogens is 468 g/mol. The largest absolute Gasteiger partial charge is 0.494 e. The standard InChI is InChI=1S/C25H38N4O5S/c1-17-14-19-10-11-25(17,24(19,2)3)16-35(32,33)29-21(22(30)31)15-18-6-8-20(9-7-18)34-13-5-4-12-28-23(26)27/h6-9,19,21,29H,1,4-5,10-16H2,2-3H3,(H,30,31)(H4,26,27,28)/t19?,21-,25?/m0/s1. The number of guanidine groups is 1. The zero-order valence-corrected chi connectivity index (χ0v) is 21.4. The van der Waals surface area contributed by atoms with Crippen LogP contribution in [0.25, 0.3) is 0 Å². The molecule has 0 saturated heterocycles. The highest BCUT2D eigenvalue weighted by molar-refractivity contribution is 7.89. The van der Waals surface area contributed by atoms with Crippen LogP contribution in [0.1, 0.15) is 51.5 Å². The number of fused-ring (bicyclic) bond motifs is 2. The summed E-state index contributed by atoms with van der Waals surface area (Å²) in [6, 6.07) is 5.75. The molecule has 194 valence electrons. The fourth-order valence-electron chi connectivity index (χ4n) is 5.67. The summed E-state index contributed by atoms with van der Waals surface area (Å²) < 4.78 is 34.4. The van der Waals surface area contributed by atoms with E-state index in [9.17, 15) is 18.3 Å². The van der Waals surface area contributed by atoms with Crippen LogP contribution < -0.4 is 20.9 Å². The van der Waals surface area contributed by atoms with Gasteiger partial charge in [-0.15, -0.1) is 0 Å². The van der Waals surface area contributed by atoms with Gasteiger partial charge in [-0.3, -0.25) is 9.79 Å². The van der Waals surface area contributed by atoms with Crippen molar-refractivity contribution < 1.29 is 23.1 Å². The van der Waals surface area contributed by atoms with E-state index >= 15 is 0 Å². The van der Waals surface area contributed by atoms with Crippen LogP contribution in [0.5, 0.6) is 5.75 Å². The van der Waals surface area contributed by atoms with Crippen molar-refractivity contribution in [2.45, 2.75) is 58.4 Å². The molecule has 2 saturated carbocycles. The number of hydrogen-bond donors (Lipinski definition) is 4. The average molecular weight is 507 g/mol. The summed E-state index contributed by atoms with van der Waals surface area (Å²) in [5, 5.41) is 9.72. The molecule has 2 aliphatic carbocycles. The normalized spacial score (nSPS) is 23.7. The lowest BCUT2D eigenvalue weighted by Gasteiger charge is -2.39. The van der Waals surface area contributed by atoms with Crippen LogP contribution in [0.15, 0.2) is 41.4 Å². The number of ether oxygens (including phenoxy) is 1. The molecule has 10 heteroatoms. The van der Waals surface area contributed by atoms with Gasteiger partial charge >= 0.3 is 5.97 Å². The third-order valence-electron chi connectivity index (χ3n) is 7.88. The quantitative estimate of drug-likeness (QED) is 0.138. The second-order valence-electron chi connectivity index (χ2n) is 10.3. The molecule has 35 heavy (non-hydrogen) atoms. The second kappa shape index (κ2) is 10.6. The minimum Gasteiger partial charge on any atom is -0.494 e. The number of carboxylic acid groups (broad SMARTS) is 1. The number of sulfonamides is 1. The van der Waals surface area contributed by atoms with Crippen LogP contribution in [0.4, 0.5) is 0 Å². The summed E-state index contributed by atoms with van der Waals surface area (Å²) in [5.74, 6) is -0.175. The van der Waals surface area contributed by atoms with E-state index in [1.165, 1.54) is 0 Å². The first kappa shape index (κ1) is 27.0. The summed E-state index contributed by atoms with van der Waals surface area (Å²) in [4.78, 5) is 15.8. The lowest BCUT2D eigenvalue weighted by Crippen LogP contribution is -2.48. The van der Waals surface area contributed by atoms with Crippen molar-refractivity contribution >= 4 is 22.0 Å². The Morgan fingerprint density at radius 3 is 2.51 bits per heavy atom. The van der Waals surface area contributed by atoms with E-state index in [0.717, 1.165) is 37.7 Å². The highest BCUT2D eigenvalue weighted by Gasteiger charge is 2.62. The Morgan fingerprint density at radius 1 is 1.29 bits per heavy atom. The highest BCUT2D eigenvalue weighted by atomic mass is 32.2. The Balaban J connectivity index is 1.57. The molecule has 2 fully saturated rings. The number of benzene rings is 1. The Hall–Kier alpha value is -2.59.